The van der Waals surface area contributed by atoms with Crippen LogP contribution in [0.4, 0.5) is 0 Å². The van der Waals surface area contributed by atoms with Crippen molar-refractivity contribution in [3.05, 3.63) is 0 Å². The van der Waals surface area contributed by atoms with Gasteiger partial charge in [0.05, 0.1) is 6.54 Å². The molecular formula is C13H25N3O2S. The molecule has 3 N–H and O–H groups in total. The second-order valence-corrected chi connectivity index (χ2v) is 6.56. The van der Waals surface area contributed by atoms with E-state index < -0.39 is 0 Å². The van der Waals surface area contributed by atoms with Gasteiger partial charge in [0, 0.05) is 36.6 Å². The summed E-state index contributed by atoms with van der Waals surface area (Å²) in [5, 5.41) is 3.32. The van der Waals surface area contributed by atoms with Crippen molar-refractivity contribution < 1.29 is 9.59 Å². The summed E-state index contributed by atoms with van der Waals surface area (Å²) in [4.78, 5) is 24.9. The third-order valence-corrected chi connectivity index (χ3v) is 4.33. The molecule has 1 fully saturated rings. The van der Waals surface area contributed by atoms with Crippen LogP contribution in [0.15, 0.2) is 0 Å². The largest absolute Gasteiger partial charge is 0.354 e. The molecule has 0 aromatic carbocycles. The van der Waals surface area contributed by atoms with Gasteiger partial charge in [0.25, 0.3) is 0 Å². The fourth-order valence-electron chi connectivity index (χ4n) is 2.14. The smallest absolute Gasteiger partial charge is 0.236 e. The van der Waals surface area contributed by atoms with Gasteiger partial charge in [-0.25, -0.2) is 0 Å². The Morgan fingerprint density at radius 2 is 2.21 bits per heavy atom. The number of carbonyl (C=O) groups is 2. The number of carbonyl (C=O) groups excluding carboxylic acids is 2. The van der Waals surface area contributed by atoms with Crippen LogP contribution in [0.5, 0.6) is 0 Å². The zero-order valence-corrected chi connectivity index (χ0v) is 12.7. The second-order valence-electron chi connectivity index (χ2n) is 5.15. The van der Waals surface area contributed by atoms with E-state index in [0.29, 0.717) is 11.7 Å². The van der Waals surface area contributed by atoms with Crippen molar-refractivity contribution in [1.82, 2.24) is 10.2 Å². The van der Waals surface area contributed by atoms with Crippen molar-refractivity contribution in [2.75, 3.05) is 25.4 Å². The molecule has 0 radical (unpaired) electrons. The molecule has 0 aromatic heterocycles. The lowest BCUT2D eigenvalue weighted by Gasteiger charge is -2.32. The molecule has 1 saturated heterocycles. The monoisotopic (exact) mass is 287 g/mol. The van der Waals surface area contributed by atoms with Crippen LogP contribution in [0, 0.1) is 0 Å². The molecule has 0 aromatic rings. The molecule has 110 valence electrons. The highest BCUT2D eigenvalue weighted by Gasteiger charge is 2.23. The molecule has 1 heterocycles. The maximum Gasteiger partial charge on any atom is 0.236 e. The number of nitrogens with zero attached hydrogens (tertiary/aromatic N) is 1. The number of nitrogens with one attached hydrogen (secondary N) is 1. The molecule has 1 aliphatic rings. The van der Waals surface area contributed by atoms with E-state index in [1.54, 1.807) is 11.8 Å². The number of hydrogen-bond acceptors (Lipinski definition) is 4. The zero-order valence-electron chi connectivity index (χ0n) is 11.9. The molecular weight excluding hydrogens is 262 g/mol. The average Bonchev–Trinajstić information content (AvgIpc) is 2.37. The van der Waals surface area contributed by atoms with Gasteiger partial charge in [0.15, 0.2) is 0 Å². The first-order valence-corrected chi connectivity index (χ1v) is 7.96. The Labute approximate surface area is 119 Å². The van der Waals surface area contributed by atoms with E-state index in [-0.39, 0.29) is 24.4 Å². The Hall–Kier alpha value is -0.750. The quantitative estimate of drug-likeness (QED) is 0.749. The van der Waals surface area contributed by atoms with Crippen LogP contribution in [-0.4, -0.2) is 53.4 Å². The van der Waals surface area contributed by atoms with Crippen LogP contribution < -0.4 is 11.1 Å². The average molecular weight is 287 g/mol. The maximum atomic E-state index is 11.5. The molecule has 6 heteroatoms. The van der Waals surface area contributed by atoms with Gasteiger partial charge in [-0.05, 0) is 26.7 Å². The highest BCUT2D eigenvalue weighted by atomic mass is 32.2. The van der Waals surface area contributed by atoms with E-state index in [4.69, 9.17) is 5.73 Å². The van der Waals surface area contributed by atoms with Gasteiger partial charge < -0.3 is 16.0 Å². The SMILES string of the molecule is CC(C)NC(=O)CCSC1CCCN(C(=O)CN)C1. The summed E-state index contributed by atoms with van der Waals surface area (Å²) in [5.74, 6) is 0.949. The summed E-state index contributed by atoms with van der Waals surface area (Å²) >= 11 is 1.79. The van der Waals surface area contributed by atoms with E-state index in [0.717, 1.165) is 31.7 Å². The summed E-state index contributed by atoms with van der Waals surface area (Å²) in [6.45, 7) is 5.60. The Morgan fingerprint density at radius 1 is 1.47 bits per heavy atom. The fourth-order valence-corrected chi connectivity index (χ4v) is 3.40. The van der Waals surface area contributed by atoms with Gasteiger partial charge in [-0.3, -0.25) is 9.59 Å². The van der Waals surface area contributed by atoms with Crippen LogP contribution in [-0.2, 0) is 9.59 Å². The number of amides is 2. The fraction of sp³-hybridized carbons (Fsp3) is 0.846. The van der Waals surface area contributed by atoms with Crippen molar-refractivity contribution in [2.45, 2.75) is 44.4 Å². The summed E-state index contributed by atoms with van der Waals surface area (Å²) < 4.78 is 0. The molecule has 2 amide bonds. The van der Waals surface area contributed by atoms with Crippen LogP contribution >= 0.6 is 11.8 Å². The topological polar surface area (TPSA) is 75.4 Å². The summed E-state index contributed by atoms with van der Waals surface area (Å²) in [7, 11) is 0. The third kappa shape index (κ3) is 6.29. The minimum absolute atomic E-state index is 0.0304. The number of rotatable bonds is 6. The van der Waals surface area contributed by atoms with Crippen molar-refractivity contribution in [3.8, 4) is 0 Å². The van der Waals surface area contributed by atoms with Crippen LogP contribution in [0.3, 0.4) is 0 Å². The van der Waals surface area contributed by atoms with Gasteiger partial charge in [0.2, 0.25) is 11.8 Å². The van der Waals surface area contributed by atoms with Gasteiger partial charge in [-0.15, -0.1) is 0 Å². The summed E-state index contributed by atoms with van der Waals surface area (Å²) in [5.41, 5.74) is 5.38. The molecule has 1 unspecified atom stereocenters. The maximum absolute atomic E-state index is 11.5. The number of likely N-dealkylation sites (tertiary alicyclic amines) is 1. The predicted molar refractivity (Wildman–Crippen MR) is 79.0 cm³/mol. The van der Waals surface area contributed by atoms with Crippen molar-refractivity contribution in [3.63, 3.8) is 0 Å². The first-order valence-electron chi connectivity index (χ1n) is 6.91. The molecule has 0 bridgehead atoms. The Balaban J connectivity index is 2.22. The van der Waals surface area contributed by atoms with E-state index in [1.807, 2.05) is 18.7 Å². The molecule has 1 aliphatic heterocycles. The Kier molecular flexibility index (Phi) is 7.23. The zero-order chi connectivity index (χ0) is 14.3. The minimum Gasteiger partial charge on any atom is -0.354 e. The van der Waals surface area contributed by atoms with E-state index in [2.05, 4.69) is 5.32 Å². The Morgan fingerprint density at radius 3 is 2.84 bits per heavy atom. The van der Waals surface area contributed by atoms with Gasteiger partial charge >= 0.3 is 0 Å². The number of nitrogens with two attached hydrogens (primary N) is 1. The molecule has 19 heavy (non-hydrogen) atoms. The molecule has 0 saturated carbocycles. The number of thioether (sulfide) groups is 1. The van der Waals surface area contributed by atoms with E-state index in [1.165, 1.54) is 0 Å². The first kappa shape index (κ1) is 16.3. The Bertz CT molecular complexity index is 310. The van der Waals surface area contributed by atoms with Crippen LogP contribution in [0.25, 0.3) is 0 Å². The van der Waals surface area contributed by atoms with Crippen molar-refractivity contribution in [1.29, 1.82) is 0 Å². The lowest BCUT2D eigenvalue weighted by molar-refractivity contribution is -0.130. The van der Waals surface area contributed by atoms with Crippen LogP contribution in [0.1, 0.15) is 33.1 Å². The van der Waals surface area contributed by atoms with Gasteiger partial charge in [0.1, 0.15) is 0 Å². The van der Waals surface area contributed by atoms with E-state index in [9.17, 15) is 9.59 Å². The van der Waals surface area contributed by atoms with Crippen molar-refractivity contribution in [2.24, 2.45) is 5.73 Å². The minimum atomic E-state index is 0.0304. The van der Waals surface area contributed by atoms with Crippen molar-refractivity contribution >= 4 is 23.6 Å². The normalized spacial score (nSPS) is 19.6. The molecule has 5 nitrogen and oxygen atoms in total. The summed E-state index contributed by atoms with van der Waals surface area (Å²) in [6, 6.07) is 0.199. The second kappa shape index (κ2) is 8.43. The number of piperidine rings is 1. The lowest BCUT2D eigenvalue weighted by atomic mass is 10.1. The van der Waals surface area contributed by atoms with E-state index >= 15 is 0 Å². The van der Waals surface area contributed by atoms with Crippen LogP contribution in [0.2, 0.25) is 0 Å². The lowest BCUT2D eigenvalue weighted by Crippen LogP contribution is -2.44. The molecule has 1 atom stereocenters. The molecule has 1 rings (SSSR count). The predicted octanol–water partition coefficient (Wildman–Crippen LogP) is 0.584. The number of hydrogen-bond donors (Lipinski definition) is 2. The summed E-state index contributed by atoms with van der Waals surface area (Å²) in [6.07, 6.45) is 2.69. The highest BCUT2D eigenvalue weighted by Crippen LogP contribution is 2.23. The molecule has 0 aliphatic carbocycles. The highest BCUT2D eigenvalue weighted by molar-refractivity contribution is 7.99. The first-order chi connectivity index (χ1) is 9.02. The van der Waals surface area contributed by atoms with Gasteiger partial charge in [-0.2, -0.15) is 11.8 Å². The molecule has 0 spiro atoms. The standard InChI is InChI=1S/C13H25N3O2S/c1-10(2)15-12(17)5-7-19-11-4-3-6-16(9-11)13(18)8-14/h10-11H,3-9,14H2,1-2H3,(H,15,17). The third-order valence-electron chi connectivity index (χ3n) is 3.04. The van der Waals surface area contributed by atoms with Gasteiger partial charge in [-0.1, -0.05) is 0 Å².